The Hall–Kier alpha value is -4.64. The van der Waals surface area contributed by atoms with E-state index < -0.39 is 16.0 Å². The summed E-state index contributed by atoms with van der Waals surface area (Å²) < 4.78 is 31.6. The van der Waals surface area contributed by atoms with E-state index >= 15 is 0 Å². The minimum atomic E-state index is -3.73. The Morgan fingerprint density at radius 2 is 1.65 bits per heavy atom. The fourth-order valence-electron chi connectivity index (χ4n) is 5.27. The minimum absolute atomic E-state index is 0.222. The minimum Gasteiger partial charge on any atom is -0.462 e. The first-order valence-corrected chi connectivity index (χ1v) is 16.1. The molecule has 11 heteroatoms. The summed E-state index contributed by atoms with van der Waals surface area (Å²) in [7, 11) is -3.73. The molecular weight excluding hydrogens is 568 g/mol. The third kappa shape index (κ3) is 6.72. The number of carbonyl (C=O) groups excluding carboxylic acids is 3. The van der Waals surface area contributed by atoms with Crippen LogP contribution >= 0.6 is 0 Å². The van der Waals surface area contributed by atoms with Gasteiger partial charge in [-0.05, 0) is 68.1 Å². The Kier molecular flexibility index (Phi) is 8.81. The van der Waals surface area contributed by atoms with Crippen LogP contribution in [0.3, 0.4) is 0 Å². The first kappa shape index (κ1) is 29.8. The van der Waals surface area contributed by atoms with Crippen LogP contribution in [0.5, 0.6) is 0 Å². The van der Waals surface area contributed by atoms with Gasteiger partial charge < -0.3 is 20.3 Å². The number of hydrogen-bond donors (Lipinski definition) is 2. The summed E-state index contributed by atoms with van der Waals surface area (Å²) in [6, 6.07) is 21.0. The SMILES string of the molecule is CCOC(=O)c1ccc2c(c1)NC(=O)/C2=C(\Nc1ccc(N(CC(=O)N2CCCCC2)S(C)(=O)=O)cc1)c1ccccc1. The highest BCUT2D eigenvalue weighted by Gasteiger charge is 2.30. The Balaban J connectivity index is 1.46. The van der Waals surface area contributed by atoms with Crippen LogP contribution in [0.2, 0.25) is 0 Å². The van der Waals surface area contributed by atoms with E-state index in [0.29, 0.717) is 52.5 Å². The zero-order valence-corrected chi connectivity index (χ0v) is 24.9. The molecule has 1 saturated heterocycles. The highest BCUT2D eigenvalue weighted by molar-refractivity contribution is 7.92. The van der Waals surface area contributed by atoms with Gasteiger partial charge in [0.2, 0.25) is 15.9 Å². The van der Waals surface area contributed by atoms with E-state index in [4.69, 9.17) is 4.74 Å². The molecule has 3 aromatic rings. The molecule has 10 nitrogen and oxygen atoms in total. The van der Waals surface area contributed by atoms with Crippen molar-refractivity contribution in [2.75, 3.05) is 47.4 Å². The highest BCUT2D eigenvalue weighted by Crippen LogP contribution is 2.38. The van der Waals surface area contributed by atoms with Crippen LogP contribution in [-0.2, 0) is 24.3 Å². The number of amides is 2. The fraction of sp³-hybridized carbons (Fsp3) is 0.281. The number of fused-ring (bicyclic) bond motifs is 1. The lowest BCUT2D eigenvalue weighted by atomic mass is 9.99. The van der Waals surface area contributed by atoms with Crippen molar-refractivity contribution in [3.05, 3.63) is 89.5 Å². The van der Waals surface area contributed by atoms with E-state index in [1.165, 1.54) is 0 Å². The molecule has 1 fully saturated rings. The zero-order valence-electron chi connectivity index (χ0n) is 24.1. The quantitative estimate of drug-likeness (QED) is 0.271. The molecule has 0 atom stereocenters. The summed E-state index contributed by atoms with van der Waals surface area (Å²) in [5, 5.41) is 6.20. The second-order valence-corrected chi connectivity index (χ2v) is 12.3. The molecule has 2 N–H and O–H groups in total. The molecule has 0 spiro atoms. The van der Waals surface area contributed by atoms with E-state index in [-0.39, 0.29) is 25.0 Å². The second-order valence-electron chi connectivity index (χ2n) is 10.4. The number of esters is 1. The van der Waals surface area contributed by atoms with Gasteiger partial charge in [-0.15, -0.1) is 0 Å². The predicted octanol–water partition coefficient (Wildman–Crippen LogP) is 4.57. The summed E-state index contributed by atoms with van der Waals surface area (Å²) in [5.41, 5.74) is 4.11. The molecule has 5 rings (SSSR count). The molecule has 2 aliphatic rings. The summed E-state index contributed by atoms with van der Waals surface area (Å²) in [5.74, 6) is -1.03. The van der Waals surface area contributed by atoms with Crippen molar-refractivity contribution in [2.45, 2.75) is 26.2 Å². The monoisotopic (exact) mass is 602 g/mol. The topological polar surface area (TPSA) is 125 Å². The largest absolute Gasteiger partial charge is 0.462 e. The molecule has 2 aliphatic heterocycles. The molecule has 0 radical (unpaired) electrons. The number of rotatable bonds is 9. The fourth-order valence-corrected chi connectivity index (χ4v) is 6.12. The molecule has 2 heterocycles. The van der Waals surface area contributed by atoms with E-state index in [1.807, 2.05) is 30.3 Å². The van der Waals surface area contributed by atoms with Gasteiger partial charge in [0.05, 0.1) is 41.1 Å². The van der Waals surface area contributed by atoms with Crippen LogP contribution < -0.4 is 14.9 Å². The summed E-state index contributed by atoms with van der Waals surface area (Å²) in [6.07, 6.45) is 3.99. The molecule has 3 aromatic carbocycles. The van der Waals surface area contributed by atoms with Crippen LogP contribution in [0.1, 0.15) is 47.7 Å². The molecule has 2 amide bonds. The van der Waals surface area contributed by atoms with E-state index in [2.05, 4.69) is 10.6 Å². The van der Waals surface area contributed by atoms with Gasteiger partial charge in [0, 0.05) is 24.3 Å². The molecule has 0 saturated carbocycles. The standard InChI is InChI=1S/C32H34N4O6S/c1-3-42-32(39)23-12-17-26-27(20-23)34-31(38)29(26)30(22-10-6-4-7-11-22)33-24-13-15-25(16-14-24)36(43(2,40)41)21-28(37)35-18-8-5-9-19-35/h4,6-7,10-17,20,33H,3,5,8-9,18-19,21H2,1-2H3,(H,34,38)/b30-29-. The first-order chi connectivity index (χ1) is 20.7. The molecule has 43 heavy (non-hydrogen) atoms. The number of nitrogens with zero attached hydrogens (tertiary/aromatic N) is 2. The first-order valence-electron chi connectivity index (χ1n) is 14.2. The number of carbonyl (C=O) groups is 3. The summed E-state index contributed by atoms with van der Waals surface area (Å²) in [4.78, 5) is 40.2. The van der Waals surface area contributed by atoms with Crippen molar-refractivity contribution in [1.29, 1.82) is 0 Å². The van der Waals surface area contributed by atoms with Crippen molar-refractivity contribution in [3.63, 3.8) is 0 Å². The van der Waals surface area contributed by atoms with Gasteiger partial charge in [0.25, 0.3) is 5.91 Å². The lowest BCUT2D eigenvalue weighted by molar-refractivity contribution is -0.130. The maximum atomic E-state index is 13.3. The smallest absolute Gasteiger partial charge is 0.338 e. The molecule has 224 valence electrons. The highest BCUT2D eigenvalue weighted by atomic mass is 32.2. The van der Waals surface area contributed by atoms with Crippen molar-refractivity contribution in [2.24, 2.45) is 0 Å². The van der Waals surface area contributed by atoms with Crippen LogP contribution in [0.25, 0.3) is 11.3 Å². The van der Waals surface area contributed by atoms with Gasteiger partial charge >= 0.3 is 5.97 Å². The van der Waals surface area contributed by atoms with Crippen LogP contribution in [-0.4, -0.2) is 63.6 Å². The summed E-state index contributed by atoms with van der Waals surface area (Å²) >= 11 is 0. The van der Waals surface area contributed by atoms with Crippen LogP contribution in [0.4, 0.5) is 17.1 Å². The van der Waals surface area contributed by atoms with E-state index in [9.17, 15) is 22.8 Å². The third-order valence-corrected chi connectivity index (χ3v) is 8.54. The zero-order chi connectivity index (χ0) is 30.6. The van der Waals surface area contributed by atoms with Gasteiger partial charge in [-0.25, -0.2) is 13.2 Å². The maximum absolute atomic E-state index is 13.3. The number of piperidine rings is 1. The average Bonchev–Trinajstić information content (AvgIpc) is 3.34. The lowest BCUT2D eigenvalue weighted by Gasteiger charge is -2.30. The Morgan fingerprint density at radius 3 is 2.30 bits per heavy atom. The van der Waals surface area contributed by atoms with Crippen molar-refractivity contribution >= 4 is 56.1 Å². The van der Waals surface area contributed by atoms with Gasteiger partial charge in [-0.2, -0.15) is 0 Å². The molecule has 0 aromatic heterocycles. The average molecular weight is 603 g/mol. The van der Waals surface area contributed by atoms with Gasteiger partial charge in [0.15, 0.2) is 0 Å². The van der Waals surface area contributed by atoms with E-state index in [1.54, 1.807) is 54.3 Å². The van der Waals surface area contributed by atoms with Gasteiger partial charge in [-0.1, -0.05) is 36.4 Å². The van der Waals surface area contributed by atoms with Crippen LogP contribution in [0, 0.1) is 0 Å². The normalized spacial score (nSPS) is 15.8. The Morgan fingerprint density at radius 1 is 0.953 bits per heavy atom. The maximum Gasteiger partial charge on any atom is 0.338 e. The number of ether oxygens (including phenoxy) is 1. The molecular formula is C32H34N4O6S. The number of hydrogen-bond acceptors (Lipinski definition) is 7. The number of benzene rings is 3. The molecule has 0 aliphatic carbocycles. The summed E-state index contributed by atoms with van der Waals surface area (Å²) in [6.45, 7) is 2.97. The van der Waals surface area contributed by atoms with Gasteiger partial charge in [-0.3, -0.25) is 13.9 Å². The van der Waals surface area contributed by atoms with Crippen molar-refractivity contribution < 1.29 is 27.5 Å². The molecule has 0 unspecified atom stereocenters. The Labute approximate surface area is 251 Å². The molecule has 0 bridgehead atoms. The Bertz CT molecular complexity index is 1660. The van der Waals surface area contributed by atoms with Crippen molar-refractivity contribution in [1.82, 2.24) is 4.90 Å². The third-order valence-electron chi connectivity index (χ3n) is 7.40. The predicted molar refractivity (Wildman–Crippen MR) is 167 cm³/mol. The lowest BCUT2D eigenvalue weighted by Crippen LogP contribution is -2.44. The second kappa shape index (κ2) is 12.7. The van der Waals surface area contributed by atoms with E-state index in [0.717, 1.165) is 35.4 Å². The van der Waals surface area contributed by atoms with Crippen LogP contribution in [0.15, 0.2) is 72.8 Å². The van der Waals surface area contributed by atoms with Crippen molar-refractivity contribution in [3.8, 4) is 0 Å². The number of likely N-dealkylation sites (tertiary alicyclic amines) is 1. The van der Waals surface area contributed by atoms with Gasteiger partial charge in [0.1, 0.15) is 6.54 Å². The number of sulfonamides is 1. The number of nitrogens with one attached hydrogen (secondary N) is 2. The number of anilines is 3.